The number of benzene rings is 5. The van der Waals surface area contributed by atoms with E-state index in [4.69, 9.17) is 24.1 Å². The van der Waals surface area contributed by atoms with Crippen LogP contribution in [0.3, 0.4) is 0 Å². The smallest absolute Gasteiger partial charge is 0.340 e. The highest BCUT2D eigenvalue weighted by molar-refractivity contribution is 5.99. The van der Waals surface area contributed by atoms with E-state index in [0.29, 0.717) is 51.1 Å². The van der Waals surface area contributed by atoms with Gasteiger partial charge in [0.1, 0.15) is 46.6 Å². The van der Waals surface area contributed by atoms with Gasteiger partial charge in [0.25, 0.3) is 0 Å². The number of urea groups is 2. The van der Waals surface area contributed by atoms with Crippen LogP contribution in [0, 0.1) is 0 Å². The number of ether oxygens (including phenoxy) is 4. The molecule has 2 aliphatic heterocycles. The minimum absolute atomic E-state index is 0.00606. The van der Waals surface area contributed by atoms with Crippen molar-refractivity contribution in [2.45, 2.75) is 88.6 Å². The van der Waals surface area contributed by atoms with Crippen LogP contribution in [0.5, 0.6) is 34.5 Å². The van der Waals surface area contributed by atoms with Crippen LogP contribution in [0.4, 0.5) is 15.3 Å². The lowest BCUT2D eigenvalue weighted by Gasteiger charge is -2.36. The largest absolute Gasteiger partial charge is 0.508 e. The van der Waals surface area contributed by atoms with E-state index in [1.54, 1.807) is 48.5 Å². The highest BCUT2D eigenvalue weighted by atomic mass is 16.6. The van der Waals surface area contributed by atoms with Crippen LogP contribution >= 0.6 is 0 Å². The summed E-state index contributed by atoms with van der Waals surface area (Å²) in [5, 5.41) is 104. The Labute approximate surface area is 548 Å². The number of hydrogen-bond donors (Lipinski definition) is 15. The third-order valence-corrected chi connectivity index (χ3v) is 15.4. The second kappa shape index (κ2) is 34.9. The summed E-state index contributed by atoms with van der Waals surface area (Å²) in [6.07, 6.45) is 0.0802. The summed E-state index contributed by atoms with van der Waals surface area (Å²) in [6, 6.07) is 18.3. The number of aryl methyl sites for hydroxylation is 2. The zero-order valence-corrected chi connectivity index (χ0v) is 52.0. The van der Waals surface area contributed by atoms with Crippen molar-refractivity contribution >= 4 is 65.4 Å². The number of esters is 1. The molecule has 5 aromatic carbocycles. The van der Waals surface area contributed by atoms with Gasteiger partial charge in [0.15, 0.2) is 5.60 Å². The third-order valence-electron chi connectivity index (χ3n) is 15.4. The van der Waals surface area contributed by atoms with Crippen molar-refractivity contribution in [3.8, 4) is 34.5 Å². The van der Waals surface area contributed by atoms with Crippen molar-refractivity contribution in [2.24, 2.45) is 0 Å². The molecule has 1 spiro atoms. The summed E-state index contributed by atoms with van der Waals surface area (Å²) >= 11 is 0. The van der Waals surface area contributed by atoms with Crippen molar-refractivity contribution < 1.29 is 113 Å². The number of aliphatic carboxylic acids is 5. The zero-order valence-electron chi connectivity index (χ0n) is 52.0. The molecule has 31 nitrogen and oxygen atoms in total. The Kier molecular flexibility index (Phi) is 26.5. The number of carboxylic acids is 5. The normalized spacial score (nSPS) is 13.0. The molecular formula is C65H76N8O23. The van der Waals surface area contributed by atoms with Crippen molar-refractivity contribution in [3.63, 3.8) is 0 Å². The maximum absolute atomic E-state index is 13.4. The van der Waals surface area contributed by atoms with Crippen LogP contribution in [-0.4, -0.2) is 200 Å². The molecule has 31 heteroatoms. The van der Waals surface area contributed by atoms with Gasteiger partial charge in [0.05, 0.1) is 45.1 Å². The standard InChI is InChI=1S/C65H76N8O23/c74-43-9-12-47-53(32-43)95-54-33-44(75)10-13-48(54)65(47)46-11-8-42(31-45(46)62(90)96-65)69-63(91)68-22-26-94-28-27-93-25-21-67-56(79)18-7-39-5-16-52(77)41(30-39)35-73(37-59(84)85)24-23-72(36-58(82)83)34-40-29-38(4-15-51(40)76)6-17-55(78)66-20-2-1-3-49(60(86)87)70-64(92)71-50(61(88)89)14-19-57(80)81/h4-5,8-13,15-16,29-33,49-50,74-77H,1-3,6-7,14,17-28,34-37H2,(H,66,78)(H,67,79)(H,80,81)(H,82,83)(H,84,85)(H,86,87)(H,88,89)(H2,68,69,91)(H2,70,71,92). The number of carbonyl (C=O) groups excluding carboxylic acids is 5. The summed E-state index contributed by atoms with van der Waals surface area (Å²) in [4.78, 5) is 125. The average molecular weight is 1340 g/mol. The summed E-state index contributed by atoms with van der Waals surface area (Å²) in [7, 11) is 0. The Hall–Kier alpha value is -10.8. The minimum Gasteiger partial charge on any atom is -0.508 e. The molecule has 5 aromatic rings. The van der Waals surface area contributed by atoms with Crippen LogP contribution in [0.15, 0.2) is 91.0 Å². The fourth-order valence-corrected chi connectivity index (χ4v) is 10.7. The van der Waals surface area contributed by atoms with E-state index in [2.05, 4.69) is 31.9 Å². The van der Waals surface area contributed by atoms with E-state index in [0.717, 1.165) is 0 Å². The Morgan fingerprint density at radius 2 is 1.01 bits per heavy atom. The summed E-state index contributed by atoms with van der Waals surface area (Å²) < 4.78 is 23.2. The molecule has 2 atom stereocenters. The molecule has 0 aliphatic carbocycles. The lowest BCUT2D eigenvalue weighted by atomic mass is 9.77. The molecule has 0 aromatic heterocycles. The van der Waals surface area contributed by atoms with Gasteiger partial charge in [-0.15, -0.1) is 0 Å². The Morgan fingerprint density at radius 3 is 1.52 bits per heavy atom. The van der Waals surface area contributed by atoms with Gasteiger partial charge < -0.3 is 96.8 Å². The van der Waals surface area contributed by atoms with Crippen LogP contribution < -0.4 is 36.6 Å². The second-order valence-corrected chi connectivity index (χ2v) is 22.6. The fourth-order valence-electron chi connectivity index (χ4n) is 10.7. The van der Waals surface area contributed by atoms with Gasteiger partial charge in [0.2, 0.25) is 11.8 Å². The summed E-state index contributed by atoms with van der Waals surface area (Å²) in [5.74, 6) is -7.81. The number of phenolic OH excluding ortho intramolecular Hbond substituents is 4. The van der Waals surface area contributed by atoms with E-state index in [-0.39, 0.29) is 163 Å². The van der Waals surface area contributed by atoms with Crippen molar-refractivity contribution in [3.05, 3.63) is 136 Å². The number of amides is 6. The van der Waals surface area contributed by atoms with Gasteiger partial charge in [0, 0.05) is 111 Å². The summed E-state index contributed by atoms with van der Waals surface area (Å²) in [5.41, 5.74) is 2.44. The van der Waals surface area contributed by atoms with Crippen molar-refractivity contribution in [1.82, 2.24) is 36.4 Å². The number of rotatable bonds is 39. The van der Waals surface area contributed by atoms with Gasteiger partial charge >= 0.3 is 47.9 Å². The molecule has 0 radical (unpaired) electrons. The van der Waals surface area contributed by atoms with Crippen LogP contribution in [0.1, 0.15) is 94.2 Å². The molecule has 2 heterocycles. The quantitative estimate of drug-likeness (QED) is 0.0197. The zero-order chi connectivity index (χ0) is 69.5. The van der Waals surface area contributed by atoms with Crippen LogP contribution in [0.2, 0.25) is 0 Å². The molecule has 15 N–H and O–H groups in total. The van der Waals surface area contributed by atoms with Gasteiger partial charge in [-0.05, 0) is 98.2 Å². The number of carboxylic acid groups (broad SMARTS) is 5. The number of fused-ring (bicyclic) bond motifs is 6. The molecule has 514 valence electrons. The molecule has 0 saturated carbocycles. The number of hydrogen-bond acceptors (Lipinski definition) is 20. The maximum atomic E-state index is 13.4. The molecule has 6 amide bonds. The van der Waals surface area contributed by atoms with E-state index < -0.39 is 91.5 Å². The van der Waals surface area contributed by atoms with E-state index in [9.17, 15) is 88.8 Å². The monoisotopic (exact) mass is 1340 g/mol. The van der Waals surface area contributed by atoms with Crippen molar-refractivity contribution in [1.29, 1.82) is 0 Å². The fraction of sp³-hybridized carbons (Fsp3) is 0.385. The average Bonchev–Trinajstić information content (AvgIpc) is 1.48. The number of nitrogens with zero attached hydrogens (tertiary/aromatic N) is 2. The summed E-state index contributed by atoms with van der Waals surface area (Å²) in [6.45, 7) is 0.0946. The van der Waals surface area contributed by atoms with Gasteiger partial charge in [-0.3, -0.25) is 33.8 Å². The van der Waals surface area contributed by atoms with Crippen LogP contribution in [0.25, 0.3) is 0 Å². The van der Waals surface area contributed by atoms with E-state index in [1.165, 1.54) is 52.3 Å². The maximum Gasteiger partial charge on any atom is 0.340 e. The molecule has 2 aliphatic rings. The van der Waals surface area contributed by atoms with Gasteiger partial charge in [-0.2, -0.15) is 0 Å². The first kappa shape index (κ1) is 72.7. The highest BCUT2D eigenvalue weighted by Crippen LogP contribution is 2.57. The SMILES string of the molecule is O=C(O)CCC(NC(=O)NC(CCCCNC(=O)CCc1ccc(O)c(CN(CCN(CC(=O)O)Cc2cc(CCC(=O)NCCOCCOCCNC(=O)Nc3ccc4c(c3)C(=O)OC43c4ccc(O)cc4Oc4cc(O)ccc43)ccc2O)CC(=O)O)c1)C(=O)O)C(=O)O. The first-order valence-electron chi connectivity index (χ1n) is 30.6. The number of aromatic hydroxyl groups is 4. The Balaban J connectivity index is 0.771. The number of unbranched alkanes of at least 4 members (excludes halogenated alkanes) is 1. The first-order chi connectivity index (χ1) is 45.9. The Morgan fingerprint density at radius 1 is 0.510 bits per heavy atom. The second-order valence-electron chi connectivity index (χ2n) is 22.6. The molecule has 0 saturated heterocycles. The number of anilines is 1. The minimum atomic E-state index is -1.56. The highest BCUT2D eigenvalue weighted by Gasteiger charge is 2.54. The molecule has 0 fully saturated rings. The topological polar surface area (TPSA) is 468 Å². The molecular weight excluding hydrogens is 1260 g/mol. The van der Waals surface area contributed by atoms with E-state index >= 15 is 0 Å². The predicted octanol–water partition coefficient (Wildman–Crippen LogP) is 3.74. The Bertz CT molecular complexity index is 3610. The molecule has 0 bridgehead atoms. The lowest BCUT2D eigenvalue weighted by Crippen LogP contribution is -2.51. The molecule has 96 heavy (non-hydrogen) atoms. The number of carbonyl (C=O) groups is 10. The predicted molar refractivity (Wildman–Crippen MR) is 337 cm³/mol. The third kappa shape index (κ3) is 21.4. The van der Waals surface area contributed by atoms with Crippen molar-refractivity contribution in [2.75, 3.05) is 77.6 Å². The van der Waals surface area contributed by atoms with E-state index in [1.807, 2.05) is 0 Å². The molecule has 2 unspecified atom stereocenters. The van der Waals surface area contributed by atoms with Gasteiger partial charge in [-0.25, -0.2) is 24.0 Å². The number of nitrogens with one attached hydrogen (secondary N) is 6. The van der Waals surface area contributed by atoms with Gasteiger partial charge in [-0.1, -0.05) is 30.3 Å². The first-order valence-corrected chi connectivity index (χ1v) is 30.6. The number of phenols is 4. The van der Waals surface area contributed by atoms with Crippen LogP contribution in [-0.2, 0) is 79.3 Å². The molecule has 7 rings (SSSR count). The lowest BCUT2D eigenvalue weighted by molar-refractivity contribution is -0.141.